The van der Waals surface area contributed by atoms with Gasteiger partial charge in [-0.3, -0.25) is 19.2 Å². The van der Waals surface area contributed by atoms with E-state index in [1.807, 2.05) is 0 Å². The van der Waals surface area contributed by atoms with Crippen molar-refractivity contribution >= 4 is 29.1 Å². The number of amides is 1. The van der Waals surface area contributed by atoms with E-state index in [0.29, 0.717) is 35.2 Å². The van der Waals surface area contributed by atoms with Crippen LogP contribution in [0.3, 0.4) is 0 Å². The summed E-state index contributed by atoms with van der Waals surface area (Å²) in [5.74, 6) is -3.09. The van der Waals surface area contributed by atoms with Crippen LogP contribution in [0.1, 0.15) is 57.5 Å². The van der Waals surface area contributed by atoms with Gasteiger partial charge in [-0.05, 0) is 31.0 Å². The highest BCUT2D eigenvalue weighted by atomic mass is 16.4. The smallest absolute Gasteiger partial charge is 0.307 e. The molecule has 1 fully saturated rings. The summed E-state index contributed by atoms with van der Waals surface area (Å²) < 4.78 is 0. The van der Waals surface area contributed by atoms with Gasteiger partial charge in [0.25, 0.3) is 0 Å². The SMILES string of the molecule is O=C1c2ccccc2C(=O)c2cc(NC(=O)[C@H]3CCCC[C@H]3C(=O)O)ccc21. The molecule has 0 spiro atoms. The molecule has 2 aliphatic carbocycles. The number of rotatable bonds is 3. The second kappa shape index (κ2) is 7.03. The van der Waals surface area contributed by atoms with Crippen molar-refractivity contribution < 1.29 is 24.3 Å². The molecule has 0 aliphatic heterocycles. The van der Waals surface area contributed by atoms with E-state index < -0.39 is 17.8 Å². The van der Waals surface area contributed by atoms with E-state index >= 15 is 0 Å². The maximum atomic E-state index is 12.8. The zero-order chi connectivity index (χ0) is 19.8. The molecule has 142 valence electrons. The van der Waals surface area contributed by atoms with Gasteiger partial charge in [-0.1, -0.05) is 37.1 Å². The molecule has 4 rings (SSSR count). The zero-order valence-electron chi connectivity index (χ0n) is 15.1. The number of hydrogen-bond donors (Lipinski definition) is 2. The van der Waals surface area contributed by atoms with Gasteiger partial charge in [0.05, 0.1) is 11.8 Å². The second-order valence-electron chi connectivity index (χ2n) is 7.29. The Hall–Kier alpha value is -3.28. The lowest BCUT2D eigenvalue weighted by molar-refractivity contribution is -0.147. The van der Waals surface area contributed by atoms with Crippen LogP contribution in [0.4, 0.5) is 5.69 Å². The third-order valence-corrected chi connectivity index (χ3v) is 5.61. The number of aliphatic carboxylic acids is 1. The highest BCUT2D eigenvalue weighted by Crippen LogP contribution is 2.33. The summed E-state index contributed by atoms with van der Waals surface area (Å²) in [5, 5.41) is 12.1. The zero-order valence-corrected chi connectivity index (χ0v) is 15.1. The summed E-state index contributed by atoms with van der Waals surface area (Å²) in [5.41, 5.74) is 1.67. The van der Waals surface area contributed by atoms with Gasteiger partial charge in [0, 0.05) is 27.9 Å². The summed E-state index contributed by atoms with van der Waals surface area (Å²) in [6, 6.07) is 11.3. The first kappa shape index (κ1) is 18.1. The predicted molar refractivity (Wildman–Crippen MR) is 101 cm³/mol. The predicted octanol–water partition coefficient (Wildman–Crippen LogP) is 3.29. The molecule has 2 N–H and O–H groups in total. The average molecular weight is 377 g/mol. The van der Waals surface area contributed by atoms with Crippen molar-refractivity contribution in [1.82, 2.24) is 0 Å². The lowest BCUT2D eigenvalue weighted by Crippen LogP contribution is -2.36. The topological polar surface area (TPSA) is 101 Å². The monoisotopic (exact) mass is 377 g/mol. The molecule has 0 unspecified atom stereocenters. The fourth-order valence-electron chi connectivity index (χ4n) is 4.15. The van der Waals surface area contributed by atoms with E-state index in [1.54, 1.807) is 30.3 Å². The Morgan fingerprint density at radius 2 is 1.39 bits per heavy atom. The number of carbonyl (C=O) groups excluding carboxylic acids is 3. The van der Waals surface area contributed by atoms with Crippen LogP contribution in [-0.4, -0.2) is 28.5 Å². The molecule has 28 heavy (non-hydrogen) atoms. The van der Waals surface area contributed by atoms with Gasteiger partial charge in [0.15, 0.2) is 11.6 Å². The summed E-state index contributed by atoms with van der Waals surface area (Å²) >= 11 is 0. The molecule has 0 aromatic heterocycles. The Morgan fingerprint density at radius 3 is 2.04 bits per heavy atom. The number of carboxylic acid groups (broad SMARTS) is 1. The van der Waals surface area contributed by atoms with Crippen LogP contribution in [0.15, 0.2) is 42.5 Å². The average Bonchev–Trinajstić information content (AvgIpc) is 2.72. The van der Waals surface area contributed by atoms with Crippen LogP contribution in [0.2, 0.25) is 0 Å². The molecule has 0 heterocycles. The quantitative estimate of drug-likeness (QED) is 0.729. The van der Waals surface area contributed by atoms with Gasteiger partial charge >= 0.3 is 5.97 Å². The minimum Gasteiger partial charge on any atom is -0.481 e. The number of carbonyl (C=O) groups is 4. The fraction of sp³-hybridized carbons (Fsp3) is 0.273. The maximum absolute atomic E-state index is 12.8. The van der Waals surface area contributed by atoms with E-state index in [9.17, 15) is 24.3 Å². The highest BCUT2D eigenvalue weighted by molar-refractivity contribution is 6.28. The van der Waals surface area contributed by atoms with Crippen molar-refractivity contribution in [3.63, 3.8) is 0 Å². The molecule has 1 amide bonds. The molecule has 2 aromatic carbocycles. The highest BCUT2D eigenvalue weighted by Gasteiger charge is 2.36. The number of nitrogens with one attached hydrogen (secondary N) is 1. The van der Waals surface area contributed by atoms with E-state index in [4.69, 9.17) is 0 Å². The van der Waals surface area contributed by atoms with Gasteiger partial charge < -0.3 is 10.4 Å². The summed E-state index contributed by atoms with van der Waals surface area (Å²) in [6.45, 7) is 0. The molecule has 0 saturated heterocycles. The van der Waals surface area contributed by atoms with Gasteiger partial charge in [-0.15, -0.1) is 0 Å². The van der Waals surface area contributed by atoms with Crippen molar-refractivity contribution in [3.8, 4) is 0 Å². The van der Waals surface area contributed by atoms with E-state index in [2.05, 4.69) is 5.32 Å². The molecule has 6 heteroatoms. The molecular weight excluding hydrogens is 358 g/mol. The molecule has 0 bridgehead atoms. The van der Waals surface area contributed by atoms with Gasteiger partial charge in [-0.2, -0.15) is 0 Å². The lowest BCUT2D eigenvalue weighted by atomic mass is 9.78. The summed E-state index contributed by atoms with van der Waals surface area (Å²) in [4.78, 5) is 49.6. The summed E-state index contributed by atoms with van der Waals surface area (Å²) in [7, 11) is 0. The maximum Gasteiger partial charge on any atom is 0.307 e. The van der Waals surface area contributed by atoms with Crippen molar-refractivity contribution in [2.24, 2.45) is 11.8 Å². The first-order valence-corrected chi connectivity index (χ1v) is 9.33. The van der Waals surface area contributed by atoms with Crippen LogP contribution < -0.4 is 5.32 Å². The second-order valence-corrected chi connectivity index (χ2v) is 7.29. The number of carboxylic acids is 1. The number of ketones is 2. The van der Waals surface area contributed by atoms with Crippen LogP contribution >= 0.6 is 0 Å². The molecule has 2 aromatic rings. The van der Waals surface area contributed by atoms with Gasteiger partial charge in [-0.25, -0.2) is 0 Å². The van der Waals surface area contributed by atoms with Crippen LogP contribution in [-0.2, 0) is 9.59 Å². The minimum atomic E-state index is -0.956. The Balaban J connectivity index is 1.61. The first-order valence-electron chi connectivity index (χ1n) is 9.33. The third kappa shape index (κ3) is 3.01. The van der Waals surface area contributed by atoms with E-state index in [0.717, 1.165) is 12.8 Å². The largest absolute Gasteiger partial charge is 0.481 e. The van der Waals surface area contributed by atoms with Crippen molar-refractivity contribution in [2.75, 3.05) is 5.32 Å². The van der Waals surface area contributed by atoms with Crippen molar-refractivity contribution in [1.29, 1.82) is 0 Å². The normalized spacial score (nSPS) is 20.9. The molecule has 6 nitrogen and oxygen atoms in total. The third-order valence-electron chi connectivity index (χ3n) is 5.61. The van der Waals surface area contributed by atoms with Crippen molar-refractivity contribution in [2.45, 2.75) is 25.7 Å². The van der Waals surface area contributed by atoms with Gasteiger partial charge in [0.2, 0.25) is 5.91 Å². The molecule has 2 atom stereocenters. The Bertz CT molecular complexity index is 1010. The van der Waals surface area contributed by atoms with Crippen LogP contribution in [0.25, 0.3) is 0 Å². The minimum absolute atomic E-state index is 0.221. The first-order chi connectivity index (χ1) is 13.5. The fourth-order valence-corrected chi connectivity index (χ4v) is 4.15. The molecule has 2 aliphatic rings. The van der Waals surface area contributed by atoms with E-state index in [-0.39, 0.29) is 23.0 Å². The van der Waals surface area contributed by atoms with Crippen molar-refractivity contribution in [3.05, 3.63) is 64.7 Å². The molecular formula is C22H19NO5. The molecule has 0 radical (unpaired) electrons. The summed E-state index contributed by atoms with van der Waals surface area (Å²) in [6.07, 6.45) is 2.63. The number of benzene rings is 2. The number of fused-ring (bicyclic) bond motifs is 2. The standard InChI is InChI=1S/C22H19NO5/c24-19-13-5-1-2-6-14(13)20(25)18-11-12(9-10-15(18)19)23-21(26)16-7-3-4-8-17(16)22(27)28/h1-2,5-6,9-11,16-17H,3-4,7-8H2,(H,23,26)(H,27,28)/t16-,17+/m0/s1. The Morgan fingerprint density at radius 1 is 0.821 bits per heavy atom. The molecule has 1 saturated carbocycles. The van der Waals surface area contributed by atoms with Crippen LogP contribution in [0, 0.1) is 11.8 Å². The number of anilines is 1. The number of hydrogen-bond acceptors (Lipinski definition) is 4. The van der Waals surface area contributed by atoms with Gasteiger partial charge in [0.1, 0.15) is 0 Å². The Labute approximate surface area is 161 Å². The lowest BCUT2D eigenvalue weighted by Gasteiger charge is -2.27. The van der Waals surface area contributed by atoms with Crippen LogP contribution in [0.5, 0.6) is 0 Å². The van der Waals surface area contributed by atoms with E-state index in [1.165, 1.54) is 12.1 Å². The Kier molecular flexibility index (Phi) is 4.55.